The third-order valence-electron chi connectivity index (χ3n) is 16.1. The van der Waals surface area contributed by atoms with Gasteiger partial charge in [-0.25, -0.2) is 8.42 Å². The number of aliphatic hydroxyl groups is 1. The number of ether oxygens (including phenoxy) is 5. The Hall–Kier alpha value is -1.24. The van der Waals surface area contributed by atoms with Crippen molar-refractivity contribution in [2.24, 2.45) is 17.3 Å². The van der Waals surface area contributed by atoms with Crippen molar-refractivity contribution in [3.63, 3.8) is 0 Å². The second-order valence-corrected chi connectivity index (χ2v) is 34.7. The van der Waals surface area contributed by atoms with Gasteiger partial charge < -0.3 is 37.6 Å². The number of aryl methyl sites for hydroxylation is 1. The molecule has 1 aromatic rings. The Morgan fingerprint density at radius 1 is 0.906 bits per heavy atom. The molecule has 0 bridgehead atoms. The van der Waals surface area contributed by atoms with Crippen LogP contribution in [0.15, 0.2) is 53.5 Å². The summed E-state index contributed by atoms with van der Waals surface area (Å²) in [7, 11) is -6.49. The third kappa shape index (κ3) is 13.5. The molecule has 366 valence electrons. The Balaban J connectivity index is 1.28. The minimum absolute atomic E-state index is 0.0204. The van der Waals surface area contributed by atoms with Crippen LogP contribution in [0.1, 0.15) is 125 Å². The first-order valence-corrected chi connectivity index (χ1v) is 31.9. The molecule has 5 rings (SSSR count). The summed E-state index contributed by atoms with van der Waals surface area (Å²) in [6.07, 6.45) is 6.31. The van der Waals surface area contributed by atoms with E-state index in [-0.39, 0.29) is 57.2 Å². The van der Waals surface area contributed by atoms with Crippen LogP contribution in [0.2, 0.25) is 36.3 Å². The summed E-state index contributed by atoms with van der Waals surface area (Å²) >= 11 is 0. The Kier molecular flexibility index (Phi) is 18.1. The Morgan fingerprint density at radius 2 is 1.53 bits per heavy atom. The van der Waals surface area contributed by atoms with E-state index in [1.807, 2.05) is 12.1 Å². The van der Waals surface area contributed by atoms with Crippen molar-refractivity contribution in [2.45, 2.75) is 216 Å². The minimum atomic E-state index is -3.74. The van der Waals surface area contributed by atoms with Crippen molar-refractivity contribution in [1.29, 1.82) is 0 Å². The van der Waals surface area contributed by atoms with Crippen molar-refractivity contribution in [3.05, 3.63) is 54.1 Å². The largest absolute Gasteiger partial charge is 0.414 e. The molecule has 1 N–H and O–H groups in total. The van der Waals surface area contributed by atoms with Crippen molar-refractivity contribution in [1.82, 2.24) is 0 Å². The zero-order valence-electron chi connectivity index (χ0n) is 42.1. The van der Waals surface area contributed by atoms with E-state index in [9.17, 15) is 13.5 Å². The van der Waals surface area contributed by atoms with E-state index in [2.05, 4.69) is 94.7 Å². The van der Waals surface area contributed by atoms with Crippen LogP contribution in [-0.4, -0.2) is 112 Å². The SMILES string of the molecule is C=C1C[C@H](CCC2OCCCO2)O[C@H]1CC[C@H]1C[C@](C)(C(=C)[C@H](O)C[C@@H]2O[C@H](C[C@@H](CO[Si](C)(C)C(C)(C)C)O[Si](C)(C)C(C)(C)C)[C@H](OC)[C@H]2CS(=O)(=O)c2ccc(CC)cc2)C1. The lowest BCUT2D eigenvalue weighted by atomic mass is 9.57. The molecule has 4 fully saturated rings. The topological polar surface area (TPSA) is 119 Å². The standard InChI is InChI=1S/C51H88O10SSi2/c1-16-37-18-22-41(23-19-37)62(53,54)34-42-45(60-46(48(42)55-11)29-40(61-64(14,15)50(7,8)9)33-58-63(12,13)49(4,5)6)30-43(52)36(3)51(10)31-38(32-51)20-24-44-35(2)28-39(59-44)21-25-47-56-26-17-27-57-47/h18-19,22-23,38-40,42-48,52H,2-3,16-17,20-21,24-34H2,1,4-15H3/t38-,39-,40-,42-,43+,44-,45-,46+,48+,51-/m0/s1. The van der Waals surface area contributed by atoms with Crippen LogP contribution in [0.5, 0.6) is 0 Å². The molecule has 0 amide bonds. The van der Waals surface area contributed by atoms with E-state index >= 15 is 0 Å². The number of sulfone groups is 1. The summed E-state index contributed by atoms with van der Waals surface area (Å²) in [5, 5.41) is 12.0. The van der Waals surface area contributed by atoms with Gasteiger partial charge in [-0.05, 0) is 128 Å². The van der Waals surface area contributed by atoms with Gasteiger partial charge in [0.1, 0.15) is 0 Å². The Labute approximate surface area is 391 Å². The van der Waals surface area contributed by atoms with Gasteiger partial charge in [0.15, 0.2) is 32.8 Å². The fourth-order valence-corrected chi connectivity index (χ4v) is 13.8. The predicted octanol–water partition coefficient (Wildman–Crippen LogP) is 11.0. The number of hydrogen-bond acceptors (Lipinski definition) is 10. The molecule has 0 spiro atoms. The first-order chi connectivity index (χ1) is 29.7. The maximum atomic E-state index is 14.2. The fourth-order valence-electron chi connectivity index (χ4n) is 9.74. The van der Waals surface area contributed by atoms with E-state index in [1.54, 1.807) is 19.2 Å². The van der Waals surface area contributed by atoms with Crippen molar-refractivity contribution >= 4 is 26.5 Å². The minimum Gasteiger partial charge on any atom is -0.414 e. The van der Waals surface area contributed by atoms with Gasteiger partial charge >= 0.3 is 0 Å². The predicted molar refractivity (Wildman–Crippen MR) is 262 cm³/mol. The highest BCUT2D eigenvalue weighted by atomic mass is 32.2. The van der Waals surface area contributed by atoms with E-state index in [0.29, 0.717) is 18.9 Å². The Bertz CT molecular complexity index is 1790. The van der Waals surface area contributed by atoms with Crippen molar-refractivity contribution in [2.75, 3.05) is 32.7 Å². The maximum Gasteiger partial charge on any atom is 0.192 e. The zero-order chi connectivity index (χ0) is 47.5. The average molecular weight is 949 g/mol. The van der Waals surface area contributed by atoms with Gasteiger partial charge in [0.05, 0.1) is 73.2 Å². The normalized spacial score (nSPS) is 29.8. The van der Waals surface area contributed by atoms with Crippen LogP contribution < -0.4 is 0 Å². The summed E-state index contributed by atoms with van der Waals surface area (Å²) in [6, 6.07) is 7.19. The van der Waals surface area contributed by atoms with Crippen LogP contribution in [0, 0.1) is 17.3 Å². The molecule has 10 nitrogen and oxygen atoms in total. The summed E-state index contributed by atoms with van der Waals surface area (Å²) in [5.74, 6) is -0.194. The average Bonchev–Trinajstić information content (AvgIpc) is 3.72. The molecule has 1 aromatic carbocycles. The van der Waals surface area contributed by atoms with Crippen LogP contribution >= 0.6 is 0 Å². The molecule has 1 aliphatic carbocycles. The quantitative estimate of drug-likeness (QED) is 0.0889. The van der Waals surface area contributed by atoms with Crippen LogP contribution in [0.4, 0.5) is 0 Å². The van der Waals surface area contributed by atoms with Crippen LogP contribution in [0.25, 0.3) is 0 Å². The van der Waals surface area contributed by atoms with Crippen LogP contribution in [0.3, 0.4) is 0 Å². The molecule has 8 atom stereocenters. The number of benzene rings is 1. The second kappa shape index (κ2) is 21.6. The highest BCUT2D eigenvalue weighted by Crippen LogP contribution is 2.54. The smallest absolute Gasteiger partial charge is 0.192 e. The van der Waals surface area contributed by atoms with E-state index in [1.165, 1.54) is 5.57 Å². The van der Waals surface area contributed by atoms with Crippen LogP contribution in [-0.2, 0) is 48.8 Å². The molecular weight excluding hydrogens is 861 g/mol. The van der Waals surface area contributed by atoms with E-state index < -0.39 is 56.8 Å². The molecule has 4 aliphatic rings. The van der Waals surface area contributed by atoms with Gasteiger partial charge in [-0.2, -0.15) is 0 Å². The lowest BCUT2D eigenvalue weighted by molar-refractivity contribution is -0.184. The molecule has 1 saturated carbocycles. The fraction of sp³-hybridized carbons (Fsp3) is 0.804. The summed E-state index contributed by atoms with van der Waals surface area (Å²) in [4.78, 5) is 0.285. The van der Waals surface area contributed by atoms with Gasteiger partial charge in [-0.3, -0.25) is 0 Å². The molecule has 0 unspecified atom stereocenters. The van der Waals surface area contributed by atoms with Gasteiger partial charge in [-0.15, -0.1) is 0 Å². The lowest BCUT2D eigenvalue weighted by Gasteiger charge is -2.48. The maximum absolute atomic E-state index is 14.2. The first kappa shape index (κ1) is 53.7. The summed E-state index contributed by atoms with van der Waals surface area (Å²) < 4.78 is 73.6. The van der Waals surface area contributed by atoms with Crippen molar-refractivity contribution in [3.8, 4) is 0 Å². The van der Waals surface area contributed by atoms with E-state index in [4.69, 9.17) is 32.5 Å². The number of rotatable bonds is 22. The highest BCUT2D eigenvalue weighted by molar-refractivity contribution is 7.91. The van der Waals surface area contributed by atoms with E-state index in [0.717, 1.165) is 82.1 Å². The molecule has 0 aromatic heterocycles. The number of hydrogen-bond donors (Lipinski definition) is 1. The molecule has 0 radical (unpaired) electrons. The summed E-state index contributed by atoms with van der Waals surface area (Å²) in [6.45, 7) is 37.5. The molecule has 3 aliphatic heterocycles. The zero-order valence-corrected chi connectivity index (χ0v) is 44.9. The molecule has 13 heteroatoms. The highest BCUT2D eigenvalue weighted by Gasteiger charge is 2.51. The molecular formula is C51H88O10SSi2. The monoisotopic (exact) mass is 949 g/mol. The lowest BCUT2D eigenvalue weighted by Crippen LogP contribution is -2.49. The Morgan fingerprint density at radius 3 is 2.11 bits per heavy atom. The van der Waals surface area contributed by atoms with Gasteiger partial charge in [-0.1, -0.05) is 80.7 Å². The summed E-state index contributed by atoms with van der Waals surface area (Å²) in [5.41, 5.74) is 2.81. The first-order valence-electron chi connectivity index (χ1n) is 24.4. The van der Waals surface area contributed by atoms with Gasteiger partial charge in [0.25, 0.3) is 0 Å². The number of methoxy groups -OCH3 is 1. The van der Waals surface area contributed by atoms with Crippen molar-refractivity contribution < 1.29 is 46.1 Å². The van der Waals surface area contributed by atoms with Gasteiger partial charge in [0.2, 0.25) is 0 Å². The third-order valence-corrected chi connectivity index (χ3v) is 26.9. The molecule has 64 heavy (non-hydrogen) atoms. The van der Waals surface area contributed by atoms with Gasteiger partial charge in [0, 0.05) is 32.3 Å². The molecule has 3 saturated heterocycles. The second-order valence-electron chi connectivity index (χ2n) is 23.1. The molecule has 3 heterocycles. The number of aliphatic hydroxyl groups excluding tert-OH is 1.